The highest BCUT2D eigenvalue weighted by Crippen LogP contribution is 2.23. The molecule has 2 rings (SSSR count). The van der Waals surface area contributed by atoms with Crippen molar-refractivity contribution in [2.45, 2.75) is 6.92 Å². The Morgan fingerprint density at radius 1 is 1.10 bits per heavy atom. The fourth-order valence-corrected chi connectivity index (χ4v) is 1.88. The number of amides is 2. The number of anilines is 2. The molecule has 2 amide bonds. The number of nitriles is 1. The minimum atomic E-state index is -0.418. The Morgan fingerprint density at radius 3 is 2.50 bits per heavy atom. The molecular weight excluding hydrogens is 274 g/mol. The molecule has 0 fully saturated rings. The lowest BCUT2D eigenvalue weighted by Gasteiger charge is -2.11. The van der Waals surface area contributed by atoms with Crippen molar-refractivity contribution in [3.05, 3.63) is 58.6 Å². The Morgan fingerprint density at radius 2 is 1.75 bits per heavy atom. The molecule has 2 aromatic carbocycles. The van der Waals surface area contributed by atoms with Gasteiger partial charge < -0.3 is 10.6 Å². The topological polar surface area (TPSA) is 64.9 Å². The molecule has 0 saturated heterocycles. The number of carbonyl (C=O) groups is 1. The third-order valence-electron chi connectivity index (χ3n) is 2.81. The quantitative estimate of drug-likeness (QED) is 0.870. The number of rotatable bonds is 2. The lowest BCUT2D eigenvalue weighted by molar-refractivity contribution is 0.262. The molecule has 0 saturated carbocycles. The van der Waals surface area contributed by atoms with Crippen molar-refractivity contribution in [3.63, 3.8) is 0 Å². The Hall–Kier alpha value is -2.51. The van der Waals surface area contributed by atoms with E-state index in [0.717, 1.165) is 5.56 Å². The molecule has 4 nitrogen and oxygen atoms in total. The smallest absolute Gasteiger partial charge is 0.307 e. The molecule has 0 aliphatic heterocycles. The molecule has 0 radical (unpaired) electrons. The minimum Gasteiger partial charge on any atom is -0.307 e. The number of hydrogen-bond acceptors (Lipinski definition) is 2. The van der Waals surface area contributed by atoms with Crippen LogP contribution < -0.4 is 10.6 Å². The van der Waals surface area contributed by atoms with Gasteiger partial charge in [0.25, 0.3) is 0 Å². The molecule has 0 spiro atoms. The van der Waals surface area contributed by atoms with E-state index in [4.69, 9.17) is 16.9 Å². The van der Waals surface area contributed by atoms with Gasteiger partial charge in [-0.3, -0.25) is 0 Å². The third kappa shape index (κ3) is 3.08. The number of para-hydroxylation sites is 1. The summed E-state index contributed by atoms with van der Waals surface area (Å²) in [6.45, 7) is 1.82. The summed E-state index contributed by atoms with van der Waals surface area (Å²) in [5.41, 5.74) is 2.29. The maximum atomic E-state index is 11.9. The van der Waals surface area contributed by atoms with Crippen LogP contribution in [-0.4, -0.2) is 6.03 Å². The molecule has 0 aromatic heterocycles. The van der Waals surface area contributed by atoms with Crippen LogP contribution in [-0.2, 0) is 0 Å². The van der Waals surface area contributed by atoms with Crippen LogP contribution in [0.2, 0.25) is 5.02 Å². The molecule has 0 aliphatic carbocycles. The van der Waals surface area contributed by atoms with E-state index in [1.807, 2.05) is 13.0 Å². The summed E-state index contributed by atoms with van der Waals surface area (Å²) in [6, 6.07) is 13.7. The van der Waals surface area contributed by atoms with E-state index in [1.54, 1.807) is 42.5 Å². The maximum Gasteiger partial charge on any atom is 0.323 e. The summed E-state index contributed by atoms with van der Waals surface area (Å²) in [7, 11) is 0. The number of urea groups is 1. The van der Waals surface area contributed by atoms with E-state index in [0.29, 0.717) is 22.0 Å². The first-order valence-electron chi connectivity index (χ1n) is 5.94. The largest absolute Gasteiger partial charge is 0.323 e. The van der Waals surface area contributed by atoms with E-state index < -0.39 is 6.03 Å². The normalized spacial score (nSPS) is 9.65. The zero-order valence-electron chi connectivity index (χ0n) is 10.8. The number of nitrogens with one attached hydrogen (secondary N) is 2. The summed E-state index contributed by atoms with van der Waals surface area (Å²) in [6.07, 6.45) is 0. The average molecular weight is 286 g/mol. The highest BCUT2D eigenvalue weighted by atomic mass is 35.5. The van der Waals surface area contributed by atoms with E-state index in [2.05, 4.69) is 10.6 Å². The molecule has 0 heterocycles. The van der Waals surface area contributed by atoms with Crippen molar-refractivity contribution in [2.75, 3.05) is 10.6 Å². The van der Waals surface area contributed by atoms with Gasteiger partial charge in [0, 0.05) is 10.7 Å². The van der Waals surface area contributed by atoms with E-state index in [1.165, 1.54) is 0 Å². The van der Waals surface area contributed by atoms with Gasteiger partial charge in [-0.2, -0.15) is 5.26 Å². The lowest BCUT2D eigenvalue weighted by atomic mass is 10.2. The van der Waals surface area contributed by atoms with Crippen LogP contribution in [0.15, 0.2) is 42.5 Å². The van der Waals surface area contributed by atoms with Crippen LogP contribution in [0.1, 0.15) is 11.1 Å². The summed E-state index contributed by atoms with van der Waals surface area (Å²) in [4.78, 5) is 11.9. The SMILES string of the molecule is Cc1c(Cl)cccc1NC(=O)Nc1ccccc1C#N. The fourth-order valence-electron chi connectivity index (χ4n) is 1.71. The van der Waals surface area contributed by atoms with Gasteiger partial charge >= 0.3 is 6.03 Å². The van der Waals surface area contributed by atoms with Gasteiger partial charge in [-0.15, -0.1) is 0 Å². The number of nitrogens with zero attached hydrogens (tertiary/aromatic N) is 1. The minimum absolute atomic E-state index is 0.408. The van der Waals surface area contributed by atoms with Crippen LogP contribution >= 0.6 is 11.6 Å². The molecule has 0 bridgehead atoms. The molecule has 100 valence electrons. The van der Waals surface area contributed by atoms with Crippen molar-refractivity contribution in [1.82, 2.24) is 0 Å². The number of benzene rings is 2. The maximum absolute atomic E-state index is 11.9. The van der Waals surface area contributed by atoms with E-state index in [-0.39, 0.29) is 0 Å². The zero-order valence-corrected chi connectivity index (χ0v) is 11.5. The Kier molecular flexibility index (Phi) is 4.24. The predicted molar refractivity (Wildman–Crippen MR) is 80.0 cm³/mol. The van der Waals surface area contributed by atoms with E-state index in [9.17, 15) is 4.79 Å². The Bertz CT molecular complexity index is 692. The summed E-state index contributed by atoms with van der Waals surface area (Å²) >= 11 is 5.99. The van der Waals surface area contributed by atoms with Crippen molar-refractivity contribution < 1.29 is 4.79 Å². The molecule has 0 unspecified atom stereocenters. The van der Waals surface area contributed by atoms with Gasteiger partial charge in [0.15, 0.2) is 0 Å². The molecule has 0 aliphatic rings. The Balaban J connectivity index is 2.14. The lowest BCUT2D eigenvalue weighted by Crippen LogP contribution is -2.20. The van der Waals surface area contributed by atoms with Crippen LogP contribution in [0.3, 0.4) is 0 Å². The van der Waals surface area contributed by atoms with Crippen molar-refractivity contribution in [1.29, 1.82) is 5.26 Å². The van der Waals surface area contributed by atoms with Gasteiger partial charge in [0.2, 0.25) is 0 Å². The molecule has 0 atom stereocenters. The summed E-state index contributed by atoms with van der Waals surface area (Å²) < 4.78 is 0. The second kappa shape index (κ2) is 6.09. The predicted octanol–water partition coefficient (Wildman–Crippen LogP) is 4.16. The fraction of sp³-hybridized carbons (Fsp3) is 0.0667. The second-order valence-corrected chi connectivity index (χ2v) is 4.56. The van der Waals surface area contributed by atoms with Gasteiger partial charge in [-0.1, -0.05) is 29.8 Å². The molecule has 20 heavy (non-hydrogen) atoms. The standard InChI is InChI=1S/C15H12ClN3O/c1-10-12(16)6-4-8-13(10)18-15(20)19-14-7-3-2-5-11(14)9-17/h2-8H,1H3,(H2,18,19,20). The van der Waals surface area contributed by atoms with Crippen LogP contribution in [0.5, 0.6) is 0 Å². The van der Waals surface area contributed by atoms with Crippen LogP contribution in [0, 0.1) is 18.3 Å². The van der Waals surface area contributed by atoms with Gasteiger partial charge in [0.05, 0.1) is 11.3 Å². The highest BCUT2D eigenvalue weighted by Gasteiger charge is 2.08. The first-order chi connectivity index (χ1) is 9.61. The zero-order chi connectivity index (χ0) is 14.5. The Labute approximate surface area is 122 Å². The number of carbonyl (C=O) groups excluding carboxylic acids is 1. The number of hydrogen-bond donors (Lipinski definition) is 2. The van der Waals surface area contributed by atoms with Gasteiger partial charge in [0.1, 0.15) is 6.07 Å². The first kappa shape index (κ1) is 13.9. The number of halogens is 1. The highest BCUT2D eigenvalue weighted by molar-refractivity contribution is 6.31. The van der Waals surface area contributed by atoms with Crippen LogP contribution in [0.4, 0.5) is 16.2 Å². The molecular formula is C15H12ClN3O. The van der Waals surface area contributed by atoms with Crippen molar-refractivity contribution in [2.24, 2.45) is 0 Å². The monoisotopic (exact) mass is 285 g/mol. The van der Waals surface area contributed by atoms with Gasteiger partial charge in [-0.05, 0) is 36.8 Å². The van der Waals surface area contributed by atoms with E-state index >= 15 is 0 Å². The van der Waals surface area contributed by atoms with Crippen molar-refractivity contribution in [3.8, 4) is 6.07 Å². The first-order valence-corrected chi connectivity index (χ1v) is 6.32. The molecule has 5 heteroatoms. The second-order valence-electron chi connectivity index (χ2n) is 4.15. The van der Waals surface area contributed by atoms with Crippen LogP contribution in [0.25, 0.3) is 0 Å². The average Bonchev–Trinajstić information content (AvgIpc) is 2.44. The molecule has 2 N–H and O–H groups in total. The summed E-state index contributed by atoms with van der Waals surface area (Å²) in [5, 5.41) is 14.9. The molecule has 2 aromatic rings. The summed E-state index contributed by atoms with van der Waals surface area (Å²) in [5.74, 6) is 0. The van der Waals surface area contributed by atoms with Crippen molar-refractivity contribution >= 4 is 29.0 Å². The van der Waals surface area contributed by atoms with Gasteiger partial charge in [-0.25, -0.2) is 4.79 Å². The third-order valence-corrected chi connectivity index (χ3v) is 3.22.